The fourth-order valence-corrected chi connectivity index (χ4v) is 2.76. The van der Waals surface area contributed by atoms with Crippen molar-refractivity contribution < 1.29 is 18.8 Å². The van der Waals surface area contributed by atoms with Crippen LogP contribution >= 0.6 is 0 Å². The second kappa shape index (κ2) is 5.30. The molecule has 7 heteroatoms. The normalized spacial score (nSPS) is 18.6. The van der Waals surface area contributed by atoms with E-state index in [2.05, 4.69) is 5.16 Å². The van der Waals surface area contributed by atoms with Crippen LogP contribution in [0.5, 0.6) is 0 Å². The lowest BCUT2D eigenvalue weighted by Crippen LogP contribution is -2.40. The molecule has 120 valence electrons. The number of ether oxygens (including phenoxy) is 1. The van der Waals surface area contributed by atoms with Gasteiger partial charge < -0.3 is 14.2 Å². The summed E-state index contributed by atoms with van der Waals surface area (Å²) in [5.41, 5.74) is 1.13. The van der Waals surface area contributed by atoms with Crippen molar-refractivity contribution in [1.29, 1.82) is 0 Å². The molecule has 1 aromatic rings. The molecule has 1 fully saturated rings. The zero-order valence-electron chi connectivity index (χ0n) is 13.2. The molecule has 0 atom stereocenters. The van der Waals surface area contributed by atoms with Gasteiger partial charge in [-0.3, -0.25) is 9.69 Å². The van der Waals surface area contributed by atoms with Crippen LogP contribution in [0.4, 0.5) is 10.7 Å². The molecule has 0 bridgehead atoms. The van der Waals surface area contributed by atoms with Gasteiger partial charge in [0.1, 0.15) is 5.60 Å². The minimum atomic E-state index is -0.528. The Balaban J connectivity index is 1.78. The summed E-state index contributed by atoms with van der Waals surface area (Å²) in [5.74, 6) is 0.541. The number of nitrogens with zero attached hydrogens (tertiary/aromatic N) is 3. The van der Waals surface area contributed by atoms with Gasteiger partial charge in [-0.2, -0.15) is 0 Å². The van der Waals surface area contributed by atoms with Crippen LogP contribution in [0.3, 0.4) is 0 Å². The monoisotopic (exact) mass is 307 g/mol. The molecular weight excluding hydrogens is 286 g/mol. The van der Waals surface area contributed by atoms with Gasteiger partial charge in [-0.25, -0.2) is 4.79 Å². The van der Waals surface area contributed by atoms with Crippen molar-refractivity contribution in [1.82, 2.24) is 10.1 Å². The molecule has 0 saturated carbocycles. The molecule has 1 saturated heterocycles. The van der Waals surface area contributed by atoms with E-state index in [4.69, 9.17) is 9.26 Å². The Morgan fingerprint density at radius 2 is 2.05 bits per heavy atom. The molecular formula is C15H21N3O4. The van der Waals surface area contributed by atoms with Crippen LogP contribution in [0.1, 0.15) is 44.9 Å². The average molecular weight is 307 g/mol. The Morgan fingerprint density at radius 1 is 1.27 bits per heavy atom. The summed E-state index contributed by atoms with van der Waals surface area (Å²) in [6, 6.07) is 0. The number of hydrogen-bond donors (Lipinski definition) is 0. The van der Waals surface area contributed by atoms with E-state index in [1.54, 1.807) is 9.80 Å². The molecule has 0 unspecified atom stereocenters. The van der Waals surface area contributed by atoms with Gasteiger partial charge in [0, 0.05) is 25.9 Å². The molecule has 1 aromatic heterocycles. The van der Waals surface area contributed by atoms with Crippen molar-refractivity contribution in [3.63, 3.8) is 0 Å². The first kappa shape index (κ1) is 14.9. The molecule has 3 rings (SSSR count). The highest BCUT2D eigenvalue weighted by Gasteiger charge is 2.34. The molecule has 2 aliphatic rings. The second-order valence-electron chi connectivity index (χ2n) is 6.71. The van der Waals surface area contributed by atoms with Gasteiger partial charge >= 0.3 is 6.09 Å². The predicted octanol–water partition coefficient (Wildman–Crippen LogP) is 2.09. The quantitative estimate of drug-likeness (QED) is 0.794. The van der Waals surface area contributed by atoms with Gasteiger partial charge in [0.25, 0.3) is 0 Å². The zero-order valence-corrected chi connectivity index (χ0v) is 13.2. The first-order valence-corrected chi connectivity index (χ1v) is 7.61. The van der Waals surface area contributed by atoms with Crippen LogP contribution in [-0.2, 0) is 22.5 Å². The minimum Gasteiger partial charge on any atom is -0.444 e. The number of anilines is 1. The standard InChI is InChI=1S/C15H21N3O4/c1-15(2,3)21-14(20)17-8-6-11-10(9-17)13(22-16-11)18-7-4-5-12(18)19/h4-9H2,1-3H3. The number of rotatable bonds is 1. The lowest BCUT2D eigenvalue weighted by molar-refractivity contribution is -0.117. The lowest BCUT2D eigenvalue weighted by atomic mass is 10.1. The molecule has 22 heavy (non-hydrogen) atoms. The first-order valence-electron chi connectivity index (χ1n) is 7.61. The van der Waals surface area contributed by atoms with E-state index in [9.17, 15) is 9.59 Å². The molecule has 0 radical (unpaired) electrons. The summed E-state index contributed by atoms with van der Waals surface area (Å²) in [4.78, 5) is 27.4. The smallest absolute Gasteiger partial charge is 0.410 e. The number of hydrogen-bond acceptors (Lipinski definition) is 5. The van der Waals surface area contributed by atoms with Gasteiger partial charge in [0.05, 0.1) is 17.8 Å². The van der Waals surface area contributed by atoms with E-state index in [1.807, 2.05) is 20.8 Å². The lowest BCUT2D eigenvalue weighted by Gasteiger charge is -2.29. The fourth-order valence-electron chi connectivity index (χ4n) is 2.76. The summed E-state index contributed by atoms with van der Waals surface area (Å²) < 4.78 is 10.8. The van der Waals surface area contributed by atoms with Crippen molar-refractivity contribution in [2.75, 3.05) is 18.0 Å². The average Bonchev–Trinajstić information content (AvgIpc) is 3.01. The SMILES string of the molecule is CC(C)(C)OC(=O)N1CCc2noc(N3CCCC3=O)c2C1. The molecule has 0 spiro atoms. The molecule has 2 amide bonds. The van der Waals surface area contributed by atoms with E-state index in [-0.39, 0.29) is 12.0 Å². The Kier molecular flexibility index (Phi) is 3.58. The maximum atomic E-state index is 12.2. The summed E-state index contributed by atoms with van der Waals surface area (Å²) in [6.07, 6.45) is 1.62. The molecule has 7 nitrogen and oxygen atoms in total. The Hall–Kier alpha value is -2.05. The summed E-state index contributed by atoms with van der Waals surface area (Å²) in [6.45, 7) is 7.08. The van der Waals surface area contributed by atoms with E-state index in [0.717, 1.165) is 17.7 Å². The molecule has 0 aliphatic carbocycles. The molecule has 3 heterocycles. The third kappa shape index (κ3) is 2.80. The van der Waals surface area contributed by atoms with Gasteiger partial charge in [0.15, 0.2) is 0 Å². The maximum absolute atomic E-state index is 12.2. The number of carbonyl (C=O) groups excluding carboxylic acids is 2. The fraction of sp³-hybridized carbons (Fsp3) is 0.667. The van der Waals surface area contributed by atoms with E-state index in [0.29, 0.717) is 38.4 Å². The van der Waals surface area contributed by atoms with E-state index in [1.165, 1.54) is 0 Å². The number of amides is 2. The van der Waals surface area contributed by atoms with Crippen LogP contribution in [0.2, 0.25) is 0 Å². The van der Waals surface area contributed by atoms with Crippen LogP contribution in [0, 0.1) is 0 Å². The summed E-state index contributed by atoms with van der Waals surface area (Å²) >= 11 is 0. The summed E-state index contributed by atoms with van der Waals surface area (Å²) in [7, 11) is 0. The van der Waals surface area contributed by atoms with E-state index >= 15 is 0 Å². The van der Waals surface area contributed by atoms with Gasteiger partial charge in [-0.05, 0) is 27.2 Å². The largest absolute Gasteiger partial charge is 0.444 e. The first-order chi connectivity index (χ1) is 10.3. The van der Waals surface area contributed by atoms with Crippen LogP contribution in [0.15, 0.2) is 4.52 Å². The van der Waals surface area contributed by atoms with Crippen molar-refractivity contribution in [3.8, 4) is 0 Å². The highest BCUT2D eigenvalue weighted by atomic mass is 16.6. The van der Waals surface area contributed by atoms with Crippen LogP contribution in [-0.4, -0.2) is 40.7 Å². The number of aromatic nitrogens is 1. The predicted molar refractivity (Wildman–Crippen MR) is 78.4 cm³/mol. The van der Waals surface area contributed by atoms with Crippen molar-refractivity contribution in [3.05, 3.63) is 11.3 Å². The van der Waals surface area contributed by atoms with Crippen LogP contribution in [0.25, 0.3) is 0 Å². The van der Waals surface area contributed by atoms with Gasteiger partial charge in [-0.1, -0.05) is 5.16 Å². The van der Waals surface area contributed by atoms with Crippen molar-refractivity contribution >= 4 is 17.9 Å². The third-order valence-electron chi connectivity index (χ3n) is 3.79. The molecule has 0 aromatic carbocycles. The molecule has 0 N–H and O–H groups in total. The maximum Gasteiger partial charge on any atom is 0.410 e. The zero-order chi connectivity index (χ0) is 15.9. The van der Waals surface area contributed by atoms with E-state index < -0.39 is 5.60 Å². The summed E-state index contributed by atoms with van der Waals surface area (Å²) in [5, 5.41) is 4.06. The van der Waals surface area contributed by atoms with Crippen molar-refractivity contribution in [2.24, 2.45) is 0 Å². The third-order valence-corrected chi connectivity index (χ3v) is 3.79. The number of carbonyl (C=O) groups is 2. The highest BCUT2D eigenvalue weighted by Crippen LogP contribution is 2.32. The topological polar surface area (TPSA) is 75.9 Å². The Morgan fingerprint density at radius 3 is 2.68 bits per heavy atom. The Bertz CT molecular complexity index is 602. The second-order valence-corrected chi connectivity index (χ2v) is 6.71. The minimum absolute atomic E-state index is 0.0494. The Labute approximate surface area is 129 Å². The highest BCUT2D eigenvalue weighted by molar-refractivity contribution is 5.94. The number of fused-ring (bicyclic) bond motifs is 1. The molecule has 2 aliphatic heterocycles. The van der Waals surface area contributed by atoms with Crippen LogP contribution < -0.4 is 4.90 Å². The van der Waals surface area contributed by atoms with Gasteiger partial charge in [0.2, 0.25) is 11.8 Å². The van der Waals surface area contributed by atoms with Crippen molar-refractivity contribution in [2.45, 2.75) is 52.2 Å². The van der Waals surface area contributed by atoms with Gasteiger partial charge in [-0.15, -0.1) is 0 Å².